The zero-order chi connectivity index (χ0) is 9.14. The zero-order valence-electron chi connectivity index (χ0n) is 7.33. The van der Waals surface area contributed by atoms with Crippen LogP contribution in [0.2, 0.25) is 0 Å². The van der Waals surface area contributed by atoms with Gasteiger partial charge in [-0.1, -0.05) is 12.1 Å². The lowest BCUT2D eigenvalue weighted by Crippen LogP contribution is -2.14. The van der Waals surface area contributed by atoms with E-state index < -0.39 is 6.04 Å². The zero-order valence-corrected chi connectivity index (χ0v) is 8.14. The molecule has 4 heteroatoms. The Labute approximate surface area is 83.0 Å². The maximum absolute atomic E-state index is 12.9. The highest BCUT2D eigenvalue weighted by Gasteiger charge is 2.05. The molecule has 0 aliphatic rings. The number of aliphatic hydroxyl groups excluding tert-OH is 1. The summed E-state index contributed by atoms with van der Waals surface area (Å²) in [6.07, 6.45) is 0. The normalized spacial score (nSPS) is 12.0. The first-order valence-electron chi connectivity index (χ1n) is 3.77. The summed E-state index contributed by atoms with van der Waals surface area (Å²) < 4.78 is 12.9. The highest BCUT2D eigenvalue weighted by atomic mass is 35.5. The van der Waals surface area contributed by atoms with Gasteiger partial charge in [0.2, 0.25) is 0 Å². The van der Waals surface area contributed by atoms with Crippen molar-refractivity contribution in [1.29, 1.82) is 0 Å². The van der Waals surface area contributed by atoms with E-state index in [1.807, 2.05) is 0 Å². The molecular weight excluding hydrogens is 193 g/mol. The number of aliphatic hydroxyl groups is 1. The van der Waals surface area contributed by atoms with Crippen LogP contribution in [0.25, 0.3) is 0 Å². The van der Waals surface area contributed by atoms with E-state index >= 15 is 0 Å². The molecule has 0 heterocycles. The van der Waals surface area contributed by atoms with Crippen LogP contribution >= 0.6 is 12.4 Å². The molecule has 0 amide bonds. The Morgan fingerprint density at radius 3 is 2.62 bits per heavy atom. The molecule has 1 aromatic rings. The fraction of sp³-hybridized carbons (Fsp3) is 0.333. The molecule has 3 N–H and O–H groups in total. The van der Waals surface area contributed by atoms with Crippen LogP contribution in [-0.2, 0) is 0 Å². The van der Waals surface area contributed by atoms with E-state index in [-0.39, 0.29) is 24.8 Å². The lowest BCUT2D eigenvalue weighted by atomic mass is 10.1. The third-order valence-electron chi connectivity index (χ3n) is 1.82. The standard InChI is InChI=1S/C9H12FNO.ClH/c1-6-2-3-7(4-8(6)10)9(11)5-12;/h2-4,9,12H,5,11H2,1H3;1H/t9-;/m0./s1. The number of hydrogen-bond acceptors (Lipinski definition) is 2. The summed E-state index contributed by atoms with van der Waals surface area (Å²) in [6.45, 7) is 1.52. The number of aryl methyl sites for hydroxylation is 1. The second-order valence-electron chi connectivity index (χ2n) is 2.80. The van der Waals surface area contributed by atoms with Crippen LogP contribution in [0.1, 0.15) is 17.2 Å². The lowest BCUT2D eigenvalue weighted by Gasteiger charge is -2.08. The van der Waals surface area contributed by atoms with Crippen molar-refractivity contribution in [3.8, 4) is 0 Å². The second-order valence-corrected chi connectivity index (χ2v) is 2.80. The van der Waals surface area contributed by atoms with Crippen molar-refractivity contribution in [1.82, 2.24) is 0 Å². The van der Waals surface area contributed by atoms with Crippen LogP contribution in [0, 0.1) is 12.7 Å². The summed E-state index contributed by atoms with van der Waals surface area (Å²) in [5, 5.41) is 8.70. The fourth-order valence-electron chi connectivity index (χ4n) is 0.945. The fourth-order valence-corrected chi connectivity index (χ4v) is 0.945. The van der Waals surface area contributed by atoms with Crippen molar-refractivity contribution in [3.05, 3.63) is 35.1 Å². The van der Waals surface area contributed by atoms with E-state index in [1.165, 1.54) is 6.07 Å². The summed E-state index contributed by atoms with van der Waals surface area (Å²) in [6, 6.07) is 4.25. The number of benzene rings is 1. The van der Waals surface area contributed by atoms with Gasteiger partial charge in [-0.15, -0.1) is 12.4 Å². The van der Waals surface area contributed by atoms with Crippen LogP contribution in [-0.4, -0.2) is 11.7 Å². The smallest absolute Gasteiger partial charge is 0.126 e. The Bertz CT molecular complexity index is 280. The minimum atomic E-state index is -0.486. The highest BCUT2D eigenvalue weighted by Crippen LogP contribution is 2.13. The molecule has 1 aromatic carbocycles. The van der Waals surface area contributed by atoms with Gasteiger partial charge in [0.25, 0.3) is 0 Å². The Morgan fingerprint density at radius 2 is 2.15 bits per heavy atom. The molecule has 0 bridgehead atoms. The molecule has 0 aromatic heterocycles. The third kappa shape index (κ3) is 2.95. The predicted molar refractivity (Wildman–Crippen MR) is 52.4 cm³/mol. The van der Waals surface area contributed by atoms with Gasteiger partial charge < -0.3 is 10.8 Å². The number of rotatable bonds is 2. The van der Waals surface area contributed by atoms with Crippen molar-refractivity contribution >= 4 is 12.4 Å². The van der Waals surface area contributed by atoms with Gasteiger partial charge in [-0.25, -0.2) is 4.39 Å². The maximum atomic E-state index is 12.9. The van der Waals surface area contributed by atoms with Gasteiger partial charge in [-0.05, 0) is 24.1 Å². The molecule has 0 saturated carbocycles. The van der Waals surface area contributed by atoms with E-state index in [2.05, 4.69) is 0 Å². The van der Waals surface area contributed by atoms with Crippen LogP contribution < -0.4 is 5.73 Å². The SMILES string of the molecule is Cc1ccc([C@@H](N)CO)cc1F.Cl. The Morgan fingerprint density at radius 1 is 1.54 bits per heavy atom. The summed E-state index contributed by atoms with van der Waals surface area (Å²) in [7, 11) is 0. The maximum Gasteiger partial charge on any atom is 0.126 e. The average molecular weight is 206 g/mol. The predicted octanol–water partition coefficient (Wildman–Crippen LogP) is 1.55. The molecule has 0 fully saturated rings. The van der Waals surface area contributed by atoms with Gasteiger partial charge in [0, 0.05) is 0 Å². The first kappa shape index (κ1) is 12.4. The molecule has 74 valence electrons. The summed E-state index contributed by atoms with van der Waals surface area (Å²) in [5.41, 5.74) is 6.71. The molecule has 0 radical (unpaired) electrons. The number of halogens is 2. The molecule has 0 saturated heterocycles. The molecule has 2 nitrogen and oxygen atoms in total. The summed E-state index contributed by atoms with van der Waals surface area (Å²) in [5.74, 6) is -0.281. The summed E-state index contributed by atoms with van der Waals surface area (Å²) in [4.78, 5) is 0. The van der Waals surface area contributed by atoms with E-state index in [4.69, 9.17) is 10.8 Å². The first-order valence-corrected chi connectivity index (χ1v) is 3.77. The van der Waals surface area contributed by atoms with Gasteiger partial charge in [-0.3, -0.25) is 0 Å². The van der Waals surface area contributed by atoms with Gasteiger partial charge >= 0.3 is 0 Å². The van der Waals surface area contributed by atoms with E-state index in [0.29, 0.717) is 11.1 Å². The van der Waals surface area contributed by atoms with E-state index in [0.717, 1.165) is 0 Å². The number of hydrogen-bond donors (Lipinski definition) is 2. The van der Waals surface area contributed by atoms with Crippen molar-refractivity contribution < 1.29 is 9.50 Å². The molecule has 0 unspecified atom stereocenters. The third-order valence-corrected chi connectivity index (χ3v) is 1.82. The van der Waals surface area contributed by atoms with Gasteiger partial charge in [-0.2, -0.15) is 0 Å². The Hall–Kier alpha value is -0.640. The second kappa shape index (κ2) is 5.17. The molecule has 13 heavy (non-hydrogen) atoms. The summed E-state index contributed by atoms with van der Waals surface area (Å²) >= 11 is 0. The van der Waals surface area contributed by atoms with Crippen LogP contribution in [0.4, 0.5) is 4.39 Å². The van der Waals surface area contributed by atoms with E-state index in [1.54, 1.807) is 19.1 Å². The Kier molecular flexibility index (Phi) is 4.91. The highest BCUT2D eigenvalue weighted by molar-refractivity contribution is 5.85. The molecule has 0 aliphatic carbocycles. The van der Waals surface area contributed by atoms with Gasteiger partial charge in [0.05, 0.1) is 12.6 Å². The van der Waals surface area contributed by atoms with Crippen molar-refractivity contribution in [3.63, 3.8) is 0 Å². The van der Waals surface area contributed by atoms with Gasteiger partial charge in [0.15, 0.2) is 0 Å². The van der Waals surface area contributed by atoms with E-state index in [9.17, 15) is 4.39 Å². The Balaban J connectivity index is 0.00000144. The first-order chi connectivity index (χ1) is 5.65. The largest absolute Gasteiger partial charge is 0.394 e. The van der Waals surface area contributed by atoms with Crippen molar-refractivity contribution in [2.45, 2.75) is 13.0 Å². The van der Waals surface area contributed by atoms with Crippen LogP contribution in [0.15, 0.2) is 18.2 Å². The lowest BCUT2D eigenvalue weighted by molar-refractivity contribution is 0.268. The van der Waals surface area contributed by atoms with Crippen molar-refractivity contribution in [2.75, 3.05) is 6.61 Å². The molecule has 0 aliphatic heterocycles. The van der Waals surface area contributed by atoms with Crippen molar-refractivity contribution in [2.24, 2.45) is 5.73 Å². The monoisotopic (exact) mass is 205 g/mol. The molecular formula is C9H13ClFNO. The molecule has 0 spiro atoms. The molecule has 1 atom stereocenters. The van der Waals surface area contributed by atoms with Gasteiger partial charge in [0.1, 0.15) is 5.82 Å². The minimum absolute atomic E-state index is 0. The number of nitrogens with two attached hydrogens (primary N) is 1. The minimum Gasteiger partial charge on any atom is -0.394 e. The topological polar surface area (TPSA) is 46.2 Å². The van der Waals surface area contributed by atoms with Crippen LogP contribution in [0.3, 0.4) is 0 Å². The molecule has 1 rings (SSSR count). The quantitative estimate of drug-likeness (QED) is 0.770. The van der Waals surface area contributed by atoms with Crippen LogP contribution in [0.5, 0.6) is 0 Å². The average Bonchev–Trinajstić information content (AvgIpc) is 2.08.